The third kappa shape index (κ3) is 2.68. The van der Waals surface area contributed by atoms with E-state index in [1.165, 1.54) is 12.1 Å². The van der Waals surface area contributed by atoms with Gasteiger partial charge in [0.05, 0.1) is 5.02 Å². The Kier molecular flexibility index (Phi) is 3.49. The fraction of sp³-hybridized carbons (Fsp3) is 0.0769. The van der Waals surface area contributed by atoms with E-state index in [1.807, 2.05) is 18.2 Å². The van der Waals surface area contributed by atoms with Gasteiger partial charge in [0.25, 0.3) is 0 Å². The minimum atomic E-state index is -0.552. The van der Waals surface area contributed by atoms with Crippen LogP contribution in [0, 0.1) is 5.82 Å². The molecule has 2 N–H and O–H groups in total. The standard InChI is InChI=1S/C13H11ClFNO/c14-10-5-3-7-12(13(10)15)17-8-9-4-1-2-6-11(9)16/h1-7H,8,16H2. The highest BCUT2D eigenvalue weighted by molar-refractivity contribution is 6.30. The summed E-state index contributed by atoms with van der Waals surface area (Å²) in [4.78, 5) is 0. The molecule has 0 aliphatic rings. The molecule has 0 bridgehead atoms. The molecule has 2 rings (SSSR count). The van der Waals surface area contributed by atoms with Crippen LogP contribution >= 0.6 is 11.6 Å². The lowest BCUT2D eigenvalue weighted by molar-refractivity contribution is 0.291. The molecule has 0 fully saturated rings. The van der Waals surface area contributed by atoms with Gasteiger partial charge in [-0.25, -0.2) is 4.39 Å². The Morgan fingerprint density at radius 1 is 1.12 bits per heavy atom. The van der Waals surface area contributed by atoms with Crippen molar-refractivity contribution in [1.29, 1.82) is 0 Å². The second-order valence-corrected chi connectivity index (χ2v) is 3.95. The summed E-state index contributed by atoms with van der Waals surface area (Å²) in [6, 6.07) is 11.9. The van der Waals surface area contributed by atoms with E-state index >= 15 is 0 Å². The molecule has 0 heterocycles. The minimum absolute atomic E-state index is 0.0449. The number of rotatable bonds is 3. The van der Waals surface area contributed by atoms with Crippen LogP contribution in [0.5, 0.6) is 5.75 Å². The summed E-state index contributed by atoms with van der Waals surface area (Å²) < 4.78 is 18.9. The molecular formula is C13H11ClFNO. The van der Waals surface area contributed by atoms with Crippen LogP contribution in [0.2, 0.25) is 5.02 Å². The smallest absolute Gasteiger partial charge is 0.183 e. The van der Waals surface area contributed by atoms with E-state index in [1.54, 1.807) is 12.1 Å². The largest absolute Gasteiger partial charge is 0.486 e. The van der Waals surface area contributed by atoms with Gasteiger partial charge in [-0.3, -0.25) is 0 Å². The third-order valence-electron chi connectivity index (χ3n) is 2.35. The Hall–Kier alpha value is -1.74. The van der Waals surface area contributed by atoms with Gasteiger partial charge in [0, 0.05) is 11.3 Å². The Labute approximate surface area is 104 Å². The highest BCUT2D eigenvalue weighted by atomic mass is 35.5. The number of ether oxygens (including phenoxy) is 1. The number of nitrogen functional groups attached to an aromatic ring is 1. The van der Waals surface area contributed by atoms with E-state index in [9.17, 15) is 4.39 Å². The van der Waals surface area contributed by atoms with Crippen LogP contribution in [0.1, 0.15) is 5.56 Å². The highest BCUT2D eigenvalue weighted by Gasteiger charge is 2.07. The Morgan fingerprint density at radius 3 is 2.65 bits per heavy atom. The SMILES string of the molecule is Nc1ccccc1COc1cccc(Cl)c1F. The lowest BCUT2D eigenvalue weighted by Crippen LogP contribution is -2.01. The zero-order valence-corrected chi connectivity index (χ0v) is 9.75. The summed E-state index contributed by atoms with van der Waals surface area (Å²) in [5, 5.41) is 0.0449. The number of benzene rings is 2. The number of nitrogens with two attached hydrogens (primary N) is 1. The molecule has 0 radical (unpaired) electrons. The van der Waals surface area contributed by atoms with Crippen molar-refractivity contribution >= 4 is 17.3 Å². The van der Waals surface area contributed by atoms with Crippen molar-refractivity contribution in [3.05, 3.63) is 58.9 Å². The number of hydrogen-bond acceptors (Lipinski definition) is 2. The minimum Gasteiger partial charge on any atom is -0.486 e. The first kappa shape index (κ1) is 11.7. The lowest BCUT2D eigenvalue weighted by atomic mass is 10.2. The van der Waals surface area contributed by atoms with Crippen molar-refractivity contribution in [3.8, 4) is 5.75 Å². The first-order valence-corrected chi connectivity index (χ1v) is 5.46. The van der Waals surface area contributed by atoms with Crippen LogP contribution in [0.25, 0.3) is 0 Å². The average molecular weight is 252 g/mol. The molecule has 0 amide bonds. The molecular weight excluding hydrogens is 241 g/mol. The molecule has 0 unspecified atom stereocenters. The predicted octanol–water partition coefficient (Wildman–Crippen LogP) is 3.64. The first-order valence-electron chi connectivity index (χ1n) is 5.08. The van der Waals surface area contributed by atoms with Gasteiger partial charge in [0.15, 0.2) is 11.6 Å². The van der Waals surface area contributed by atoms with Crippen LogP contribution in [0.3, 0.4) is 0 Å². The average Bonchev–Trinajstić information content (AvgIpc) is 2.33. The van der Waals surface area contributed by atoms with Gasteiger partial charge in [-0.05, 0) is 18.2 Å². The molecule has 0 spiro atoms. The molecule has 0 aliphatic heterocycles. The van der Waals surface area contributed by atoms with Crippen LogP contribution in [-0.4, -0.2) is 0 Å². The van der Waals surface area contributed by atoms with Crippen LogP contribution in [0.4, 0.5) is 10.1 Å². The zero-order valence-electron chi connectivity index (χ0n) is 8.99. The number of anilines is 1. The maximum atomic E-state index is 13.5. The summed E-state index contributed by atoms with van der Waals surface area (Å²) in [6.07, 6.45) is 0. The molecule has 0 saturated heterocycles. The van der Waals surface area contributed by atoms with E-state index in [0.717, 1.165) is 5.56 Å². The number of hydrogen-bond donors (Lipinski definition) is 1. The summed E-state index contributed by atoms with van der Waals surface area (Å²) >= 11 is 5.65. The van der Waals surface area contributed by atoms with Gasteiger partial charge in [0.1, 0.15) is 6.61 Å². The highest BCUT2D eigenvalue weighted by Crippen LogP contribution is 2.25. The summed E-state index contributed by atoms with van der Waals surface area (Å²) in [7, 11) is 0. The van der Waals surface area contributed by atoms with Crippen molar-refractivity contribution in [2.45, 2.75) is 6.61 Å². The van der Waals surface area contributed by atoms with Gasteiger partial charge in [-0.2, -0.15) is 0 Å². The van der Waals surface area contributed by atoms with E-state index in [0.29, 0.717) is 5.69 Å². The Morgan fingerprint density at radius 2 is 1.88 bits per heavy atom. The molecule has 0 atom stereocenters. The summed E-state index contributed by atoms with van der Waals surface area (Å²) in [5.41, 5.74) is 7.19. The molecule has 2 aromatic carbocycles. The van der Waals surface area contributed by atoms with Gasteiger partial charge in [-0.15, -0.1) is 0 Å². The van der Waals surface area contributed by atoms with Gasteiger partial charge in [0.2, 0.25) is 0 Å². The molecule has 0 saturated carbocycles. The Balaban J connectivity index is 2.13. The monoisotopic (exact) mass is 251 g/mol. The quantitative estimate of drug-likeness (QED) is 0.846. The Bertz CT molecular complexity index is 531. The normalized spacial score (nSPS) is 10.2. The summed E-state index contributed by atoms with van der Waals surface area (Å²) in [6.45, 7) is 0.212. The van der Waals surface area contributed by atoms with Gasteiger partial charge in [-0.1, -0.05) is 35.9 Å². The first-order chi connectivity index (χ1) is 8.18. The molecule has 17 heavy (non-hydrogen) atoms. The molecule has 4 heteroatoms. The van der Waals surface area contributed by atoms with Crippen molar-refractivity contribution in [1.82, 2.24) is 0 Å². The molecule has 88 valence electrons. The maximum absolute atomic E-state index is 13.5. The molecule has 0 aliphatic carbocycles. The molecule has 2 aromatic rings. The maximum Gasteiger partial charge on any atom is 0.183 e. The third-order valence-corrected chi connectivity index (χ3v) is 2.65. The van der Waals surface area contributed by atoms with Crippen molar-refractivity contribution in [3.63, 3.8) is 0 Å². The van der Waals surface area contributed by atoms with Crippen LogP contribution in [-0.2, 0) is 6.61 Å². The van der Waals surface area contributed by atoms with E-state index in [-0.39, 0.29) is 17.4 Å². The fourth-order valence-corrected chi connectivity index (χ4v) is 1.58. The summed E-state index contributed by atoms with van der Waals surface area (Å²) in [5.74, 6) is -0.426. The number of para-hydroxylation sites is 1. The molecule has 2 nitrogen and oxygen atoms in total. The predicted molar refractivity (Wildman–Crippen MR) is 66.6 cm³/mol. The lowest BCUT2D eigenvalue weighted by Gasteiger charge is -2.09. The van der Waals surface area contributed by atoms with Crippen molar-refractivity contribution in [2.24, 2.45) is 0 Å². The zero-order chi connectivity index (χ0) is 12.3. The fourth-order valence-electron chi connectivity index (χ4n) is 1.42. The molecule has 0 aromatic heterocycles. The van der Waals surface area contributed by atoms with Crippen LogP contribution in [0.15, 0.2) is 42.5 Å². The van der Waals surface area contributed by atoms with E-state index < -0.39 is 5.82 Å². The van der Waals surface area contributed by atoms with E-state index in [4.69, 9.17) is 22.1 Å². The topological polar surface area (TPSA) is 35.2 Å². The second kappa shape index (κ2) is 5.06. The van der Waals surface area contributed by atoms with Crippen LogP contribution < -0.4 is 10.5 Å². The van der Waals surface area contributed by atoms with E-state index in [2.05, 4.69) is 0 Å². The van der Waals surface area contributed by atoms with Gasteiger partial charge >= 0.3 is 0 Å². The second-order valence-electron chi connectivity index (χ2n) is 3.54. The number of halogens is 2. The van der Waals surface area contributed by atoms with Crippen molar-refractivity contribution < 1.29 is 9.13 Å². The van der Waals surface area contributed by atoms with Gasteiger partial charge < -0.3 is 10.5 Å². The van der Waals surface area contributed by atoms with Crippen molar-refractivity contribution in [2.75, 3.05) is 5.73 Å².